The van der Waals surface area contributed by atoms with E-state index in [0.717, 1.165) is 18.0 Å². The lowest BCUT2D eigenvalue weighted by Gasteiger charge is -2.20. The molecule has 1 amide bonds. The molecule has 6 nitrogen and oxygen atoms in total. The van der Waals surface area contributed by atoms with Crippen molar-refractivity contribution in [2.75, 3.05) is 11.9 Å². The molecule has 0 aliphatic heterocycles. The van der Waals surface area contributed by atoms with E-state index in [2.05, 4.69) is 15.7 Å². The third-order valence-electron chi connectivity index (χ3n) is 3.86. The third kappa shape index (κ3) is 5.02. The first-order valence-corrected chi connectivity index (χ1v) is 8.07. The molecule has 0 spiro atoms. The van der Waals surface area contributed by atoms with Crippen molar-refractivity contribution in [3.63, 3.8) is 0 Å². The molecule has 1 saturated carbocycles. The second kappa shape index (κ2) is 7.13. The van der Waals surface area contributed by atoms with Crippen LogP contribution >= 0.6 is 0 Å². The molecular weight excluding hydrogens is 280 g/mol. The number of aromatic nitrogens is 2. The molecule has 6 heteroatoms. The number of anilines is 1. The molecule has 0 bridgehead atoms. The van der Waals surface area contributed by atoms with E-state index >= 15 is 0 Å². The first-order chi connectivity index (χ1) is 10.3. The van der Waals surface area contributed by atoms with Crippen LogP contribution in [0.1, 0.15) is 52.0 Å². The fourth-order valence-corrected chi connectivity index (χ4v) is 2.80. The van der Waals surface area contributed by atoms with Crippen molar-refractivity contribution in [3.8, 4) is 0 Å². The average molecular weight is 308 g/mol. The van der Waals surface area contributed by atoms with Gasteiger partial charge in [-0.15, -0.1) is 0 Å². The summed E-state index contributed by atoms with van der Waals surface area (Å²) >= 11 is 0. The number of hydrogen-bond acceptors (Lipinski definition) is 4. The maximum atomic E-state index is 11.9. The summed E-state index contributed by atoms with van der Waals surface area (Å²) in [5, 5.41) is 10.5. The highest BCUT2D eigenvalue weighted by Crippen LogP contribution is 2.24. The Kier molecular flexibility index (Phi) is 5.45. The van der Waals surface area contributed by atoms with Crippen LogP contribution in [0, 0.1) is 5.92 Å². The van der Waals surface area contributed by atoms with Crippen LogP contribution in [-0.2, 0) is 18.3 Å². The number of hydrogen-bond donors (Lipinski definition) is 2. The van der Waals surface area contributed by atoms with Gasteiger partial charge in [-0.05, 0) is 46.1 Å². The van der Waals surface area contributed by atoms with Gasteiger partial charge in [-0.3, -0.25) is 10.00 Å². The minimum atomic E-state index is -0.510. The van der Waals surface area contributed by atoms with E-state index < -0.39 is 11.7 Å². The minimum absolute atomic E-state index is 0.451. The number of aryl methyl sites for hydroxylation is 1. The highest BCUT2D eigenvalue weighted by Gasteiger charge is 2.19. The van der Waals surface area contributed by atoms with Crippen molar-refractivity contribution in [3.05, 3.63) is 11.8 Å². The Morgan fingerprint density at radius 3 is 2.73 bits per heavy atom. The first-order valence-electron chi connectivity index (χ1n) is 8.07. The summed E-state index contributed by atoms with van der Waals surface area (Å²) < 4.78 is 6.96. The third-order valence-corrected chi connectivity index (χ3v) is 3.86. The van der Waals surface area contributed by atoms with E-state index in [1.165, 1.54) is 25.7 Å². The van der Waals surface area contributed by atoms with Crippen molar-refractivity contribution in [2.24, 2.45) is 13.0 Å². The Hall–Kier alpha value is -1.56. The van der Waals surface area contributed by atoms with Gasteiger partial charge in [0.25, 0.3) is 0 Å². The SMILES string of the molecule is Cn1ncc(CNCC2CCCC2)c1NC(=O)OC(C)(C)C. The lowest BCUT2D eigenvalue weighted by Crippen LogP contribution is -2.28. The molecule has 1 aliphatic rings. The van der Waals surface area contributed by atoms with Gasteiger partial charge in [0.1, 0.15) is 11.4 Å². The molecule has 1 fully saturated rings. The van der Waals surface area contributed by atoms with E-state index in [-0.39, 0.29) is 0 Å². The monoisotopic (exact) mass is 308 g/mol. The highest BCUT2D eigenvalue weighted by atomic mass is 16.6. The smallest absolute Gasteiger partial charge is 0.413 e. The highest BCUT2D eigenvalue weighted by molar-refractivity contribution is 5.84. The van der Waals surface area contributed by atoms with Crippen molar-refractivity contribution >= 4 is 11.9 Å². The Morgan fingerprint density at radius 1 is 1.41 bits per heavy atom. The van der Waals surface area contributed by atoms with Crippen LogP contribution < -0.4 is 10.6 Å². The number of rotatable bonds is 5. The van der Waals surface area contributed by atoms with E-state index in [9.17, 15) is 4.79 Å². The van der Waals surface area contributed by atoms with E-state index in [4.69, 9.17) is 4.74 Å². The van der Waals surface area contributed by atoms with Gasteiger partial charge >= 0.3 is 6.09 Å². The molecule has 0 saturated heterocycles. The van der Waals surface area contributed by atoms with Gasteiger partial charge in [-0.2, -0.15) is 5.10 Å². The Bertz CT molecular complexity index is 499. The summed E-state index contributed by atoms with van der Waals surface area (Å²) in [5.74, 6) is 1.48. The zero-order valence-electron chi connectivity index (χ0n) is 14.1. The molecule has 22 heavy (non-hydrogen) atoms. The number of nitrogens with one attached hydrogen (secondary N) is 2. The van der Waals surface area contributed by atoms with Crippen LogP contribution in [0.3, 0.4) is 0 Å². The van der Waals surface area contributed by atoms with E-state index in [1.807, 2.05) is 27.8 Å². The maximum absolute atomic E-state index is 11.9. The number of nitrogens with zero attached hydrogens (tertiary/aromatic N) is 2. The molecule has 0 unspecified atom stereocenters. The zero-order valence-corrected chi connectivity index (χ0v) is 14.1. The van der Waals surface area contributed by atoms with Crippen molar-refractivity contribution in [1.82, 2.24) is 15.1 Å². The molecule has 1 aliphatic carbocycles. The Labute approximate surface area is 132 Å². The summed E-state index contributed by atoms with van der Waals surface area (Å²) in [7, 11) is 1.81. The molecule has 1 heterocycles. The van der Waals surface area contributed by atoms with Gasteiger partial charge in [-0.25, -0.2) is 4.79 Å². The Morgan fingerprint density at radius 2 is 2.09 bits per heavy atom. The molecular formula is C16H28N4O2. The molecule has 0 radical (unpaired) electrons. The van der Waals surface area contributed by atoms with Gasteiger partial charge in [0.05, 0.1) is 6.20 Å². The molecule has 0 aromatic carbocycles. The second-order valence-electron chi connectivity index (χ2n) is 7.05. The first kappa shape index (κ1) is 16.8. The van der Waals surface area contributed by atoms with Crippen LogP contribution in [0.5, 0.6) is 0 Å². The molecule has 1 aromatic rings. The Balaban J connectivity index is 1.88. The number of carbonyl (C=O) groups is 1. The molecule has 124 valence electrons. The molecule has 2 N–H and O–H groups in total. The van der Waals surface area contributed by atoms with Gasteiger partial charge in [0.2, 0.25) is 0 Å². The van der Waals surface area contributed by atoms with Gasteiger partial charge in [-0.1, -0.05) is 12.8 Å². The van der Waals surface area contributed by atoms with Crippen LogP contribution in [0.25, 0.3) is 0 Å². The fourth-order valence-electron chi connectivity index (χ4n) is 2.80. The normalized spacial score (nSPS) is 16.0. The summed E-state index contributed by atoms with van der Waals surface area (Å²) in [6.07, 6.45) is 6.68. The topological polar surface area (TPSA) is 68.2 Å². The predicted octanol–water partition coefficient (Wildman–Crippen LogP) is 3.05. The lowest BCUT2D eigenvalue weighted by molar-refractivity contribution is 0.0634. The number of ether oxygens (including phenoxy) is 1. The fraction of sp³-hybridized carbons (Fsp3) is 0.750. The van der Waals surface area contributed by atoms with Crippen molar-refractivity contribution in [2.45, 2.75) is 58.6 Å². The second-order valence-corrected chi connectivity index (χ2v) is 7.05. The summed E-state index contributed by atoms with van der Waals surface area (Å²) in [6, 6.07) is 0. The predicted molar refractivity (Wildman–Crippen MR) is 86.7 cm³/mol. The summed E-state index contributed by atoms with van der Waals surface area (Å²) in [4.78, 5) is 11.9. The zero-order chi connectivity index (χ0) is 16.2. The van der Waals surface area contributed by atoms with Crippen LogP contribution in [-0.4, -0.2) is 28.0 Å². The standard InChI is InChI=1S/C16H28N4O2/c1-16(2,3)22-15(21)19-14-13(11-18-20(14)4)10-17-9-12-7-5-6-8-12/h11-12,17H,5-10H2,1-4H3,(H,19,21). The molecule has 2 rings (SSSR count). The van der Waals surface area contributed by atoms with Gasteiger partial charge < -0.3 is 10.1 Å². The van der Waals surface area contributed by atoms with Crippen LogP contribution in [0.2, 0.25) is 0 Å². The summed E-state index contributed by atoms with van der Waals surface area (Å²) in [5.41, 5.74) is 0.468. The van der Waals surface area contributed by atoms with Crippen molar-refractivity contribution in [1.29, 1.82) is 0 Å². The number of amides is 1. The number of carbonyl (C=O) groups excluding carboxylic acids is 1. The van der Waals surface area contributed by atoms with E-state index in [0.29, 0.717) is 12.4 Å². The maximum Gasteiger partial charge on any atom is 0.413 e. The van der Waals surface area contributed by atoms with Crippen LogP contribution in [0.4, 0.5) is 10.6 Å². The molecule has 0 atom stereocenters. The quantitative estimate of drug-likeness (QED) is 0.877. The largest absolute Gasteiger partial charge is 0.444 e. The minimum Gasteiger partial charge on any atom is -0.444 e. The van der Waals surface area contributed by atoms with Crippen molar-refractivity contribution < 1.29 is 9.53 Å². The van der Waals surface area contributed by atoms with Gasteiger partial charge in [0.15, 0.2) is 0 Å². The van der Waals surface area contributed by atoms with Crippen LogP contribution in [0.15, 0.2) is 6.20 Å². The molecule has 1 aromatic heterocycles. The summed E-state index contributed by atoms with van der Waals surface area (Å²) in [6.45, 7) is 7.27. The van der Waals surface area contributed by atoms with E-state index in [1.54, 1.807) is 10.9 Å². The van der Waals surface area contributed by atoms with Gasteiger partial charge in [0, 0.05) is 19.2 Å². The lowest BCUT2D eigenvalue weighted by atomic mass is 10.1. The average Bonchev–Trinajstić information content (AvgIpc) is 3.01.